The summed E-state index contributed by atoms with van der Waals surface area (Å²) < 4.78 is 87.9. The highest BCUT2D eigenvalue weighted by atomic mass is 19.4. The molecule has 3 aromatic carbocycles. The maximum absolute atomic E-state index is 14.7. The van der Waals surface area contributed by atoms with Crippen molar-refractivity contribution in [2.24, 2.45) is 0 Å². The first-order valence-corrected chi connectivity index (χ1v) is 10.0. The van der Waals surface area contributed by atoms with Crippen LogP contribution in [0.2, 0.25) is 0 Å². The molecule has 0 amide bonds. The Kier molecular flexibility index (Phi) is 5.75. The van der Waals surface area contributed by atoms with Gasteiger partial charge in [-0.2, -0.15) is 13.2 Å². The summed E-state index contributed by atoms with van der Waals surface area (Å²) in [6, 6.07) is 10.7. The fourth-order valence-electron chi connectivity index (χ4n) is 3.78. The second-order valence-electron chi connectivity index (χ2n) is 7.54. The van der Waals surface area contributed by atoms with Gasteiger partial charge in [-0.1, -0.05) is 37.6 Å². The first-order valence-electron chi connectivity index (χ1n) is 10.0. The minimum atomic E-state index is -4.49. The lowest BCUT2D eigenvalue weighted by molar-refractivity contribution is -0.122. The molecular weight excluding hydrogens is 430 g/mol. The maximum Gasteiger partial charge on any atom is 0.392 e. The lowest BCUT2D eigenvalue weighted by Crippen LogP contribution is -2.23. The van der Waals surface area contributed by atoms with Crippen LogP contribution in [0.4, 0.5) is 26.3 Å². The third kappa shape index (κ3) is 4.24. The van der Waals surface area contributed by atoms with Gasteiger partial charge in [0.15, 0.2) is 0 Å². The second-order valence-corrected chi connectivity index (χ2v) is 7.54. The summed E-state index contributed by atoms with van der Waals surface area (Å²) in [6.07, 6.45) is -3.96. The van der Waals surface area contributed by atoms with Gasteiger partial charge in [-0.25, -0.2) is 13.2 Å². The zero-order chi connectivity index (χ0) is 23.0. The molecule has 0 saturated carbocycles. The topological polar surface area (TPSA) is 9.23 Å². The van der Waals surface area contributed by atoms with Crippen molar-refractivity contribution < 1.29 is 31.1 Å². The molecule has 166 valence electrons. The molecule has 0 bridgehead atoms. The number of ether oxygens (including phenoxy) is 1. The van der Waals surface area contributed by atoms with Gasteiger partial charge in [-0.15, -0.1) is 0 Å². The van der Waals surface area contributed by atoms with E-state index in [1.165, 1.54) is 30.3 Å². The van der Waals surface area contributed by atoms with Crippen molar-refractivity contribution in [1.82, 2.24) is 0 Å². The summed E-state index contributed by atoms with van der Waals surface area (Å²) in [5.74, 6) is -1.72. The van der Waals surface area contributed by atoms with E-state index in [2.05, 4.69) is 0 Å². The van der Waals surface area contributed by atoms with E-state index in [1.54, 1.807) is 6.07 Å². The Morgan fingerprint density at radius 1 is 0.844 bits per heavy atom. The van der Waals surface area contributed by atoms with Crippen LogP contribution in [0.5, 0.6) is 11.5 Å². The molecule has 1 heterocycles. The molecule has 32 heavy (non-hydrogen) atoms. The SMILES string of the molecule is CCCc1cc2c(cc1F)C(c1ccccc1F)=c1cc(F)/c(=C\CC(F)(F)F)cc1O2. The van der Waals surface area contributed by atoms with E-state index in [0.717, 1.165) is 18.2 Å². The average Bonchev–Trinajstić information content (AvgIpc) is 2.72. The van der Waals surface area contributed by atoms with Crippen LogP contribution in [0.1, 0.15) is 36.5 Å². The summed E-state index contributed by atoms with van der Waals surface area (Å²) >= 11 is 0. The van der Waals surface area contributed by atoms with E-state index in [1.807, 2.05) is 6.92 Å². The number of fused-ring (bicyclic) bond motifs is 2. The molecule has 0 atom stereocenters. The monoisotopic (exact) mass is 448 g/mol. The first-order chi connectivity index (χ1) is 15.2. The van der Waals surface area contributed by atoms with Gasteiger partial charge >= 0.3 is 6.18 Å². The lowest BCUT2D eigenvalue weighted by atomic mass is 9.90. The van der Waals surface area contributed by atoms with E-state index in [0.29, 0.717) is 18.4 Å². The Hall–Kier alpha value is -3.22. The number of hydrogen-bond acceptors (Lipinski definition) is 1. The van der Waals surface area contributed by atoms with Gasteiger partial charge in [0.1, 0.15) is 29.0 Å². The van der Waals surface area contributed by atoms with Crippen molar-refractivity contribution in [3.8, 4) is 11.5 Å². The highest BCUT2D eigenvalue weighted by Gasteiger charge is 2.27. The fraction of sp³-hybridized carbons (Fsp3) is 0.200. The molecule has 4 rings (SSSR count). The van der Waals surface area contributed by atoms with Gasteiger partial charge in [-0.3, -0.25) is 0 Å². The average molecular weight is 448 g/mol. The van der Waals surface area contributed by atoms with E-state index in [9.17, 15) is 26.3 Å². The molecule has 0 radical (unpaired) electrons. The maximum atomic E-state index is 14.7. The van der Waals surface area contributed by atoms with Gasteiger partial charge in [0, 0.05) is 27.1 Å². The molecule has 3 aromatic rings. The number of halogens is 6. The van der Waals surface area contributed by atoms with Crippen molar-refractivity contribution in [3.05, 3.63) is 93.1 Å². The van der Waals surface area contributed by atoms with Crippen molar-refractivity contribution in [1.29, 1.82) is 0 Å². The van der Waals surface area contributed by atoms with Gasteiger partial charge in [-0.05, 0) is 42.3 Å². The van der Waals surface area contributed by atoms with Crippen LogP contribution in [0, 0.1) is 17.5 Å². The van der Waals surface area contributed by atoms with Gasteiger partial charge in [0.2, 0.25) is 0 Å². The normalized spacial score (nSPS) is 13.6. The molecule has 0 fully saturated rings. The van der Waals surface area contributed by atoms with Crippen LogP contribution in [0.25, 0.3) is 11.6 Å². The molecule has 1 aliphatic heterocycles. The zero-order valence-corrected chi connectivity index (χ0v) is 17.0. The predicted molar refractivity (Wildman–Crippen MR) is 109 cm³/mol. The molecule has 1 nitrogen and oxygen atoms in total. The number of benzene rings is 3. The predicted octanol–water partition coefficient (Wildman–Crippen LogP) is 6.14. The molecule has 7 heteroatoms. The summed E-state index contributed by atoms with van der Waals surface area (Å²) in [4.78, 5) is 0. The van der Waals surface area contributed by atoms with Crippen LogP contribution < -0.4 is 15.2 Å². The van der Waals surface area contributed by atoms with Crippen molar-refractivity contribution in [2.45, 2.75) is 32.4 Å². The number of rotatable bonds is 4. The quantitative estimate of drug-likeness (QED) is 0.341. The van der Waals surface area contributed by atoms with Gasteiger partial charge in [0.25, 0.3) is 0 Å². The molecule has 0 aliphatic carbocycles. The Labute approximate surface area is 180 Å². The van der Waals surface area contributed by atoms with E-state index < -0.39 is 30.0 Å². The zero-order valence-electron chi connectivity index (χ0n) is 17.0. The summed E-state index contributed by atoms with van der Waals surface area (Å²) in [5.41, 5.74) is 0.954. The summed E-state index contributed by atoms with van der Waals surface area (Å²) in [5, 5.41) is -0.153. The summed E-state index contributed by atoms with van der Waals surface area (Å²) in [6.45, 7) is 1.89. The molecule has 0 N–H and O–H groups in total. The minimum absolute atomic E-state index is 0.0691. The van der Waals surface area contributed by atoms with Crippen molar-refractivity contribution in [3.63, 3.8) is 0 Å². The molecule has 0 unspecified atom stereocenters. The van der Waals surface area contributed by atoms with E-state index in [-0.39, 0.29) is 38.6 Å². The van der Waals surface area contributed by atoms with Crippen LogP contribution in [0.15, 0.2) is 48.5 Å². The van der Waals surface area contributed by atoms with Gasteiger partial charge < -0.3 is 4.74 Å². The largest absolute Gasteiger partial charge is 0.456 e. The molecule has 0 spiro atoms. The second kappa shape index (κ2) is 8.37. The Balaban J connectivity index is 2.04. The lowest BCUT2D eigenvalue weighted by Gasteiger charge is -2.23. The molecule has 0 aromatic heterocycles. The van der Waals surface area contributed by atoms with Crippen molar-refractivity contribution in [2.75, 3.05) is 0 Å². The third-order valence-electron chi connectivity index (χ3n) is 5.22. The van der Waals surface area contributed by atoms with Crippen LogP contribution >= 0.6 is 0 Å². The fourth-order valence-corrected chi connectivity index (χ4v) is 3.78. The Morgan fingerprint density at radius 3 is 2.28 bits per heavy atom. The number of alkyl halides is 3. The highest BCUT2D eigenvalue weighted by molar-refractivity contribution is 5.85. The van der Waals surface area contributed by atoms with Crippen LogP contribution in [0.3, 0.4) is 0 Å². The van der Waals surface area contributed by atoms with Crippen molar-refractivity contribution >= 4 is 11.6 Å². The molecular formula is C25H18F6O. The standard InChI is InChI=1S/C25H18F6O/c1-2-5-14-10-22-17(12-20(14)27)24(16-6-3-4-7-19(16)26)18-13-21(28)15(11-23(18)32-22)8-9-25(29,30)31/h3-4,6-8,10-13H,2,5,9H2,1H3/b15-8-. The first kappa shape index (κ1) is 22.0. The highest BCUT2D eigenvalue weighted by Crippen LogP contribution is 2.38. The van der Waals surface area contributed by atoms with Gasteiger partial charge in [0.05, 0.1) is 6.42 Å². The van der Waals surface area contributed by atoms with E-state index in [4.69, 9.17) is 4.74 Å². The number of hydrogen-bond donors (Lipinski definition) is 0. The smallest absolute Gasteiger partial charge is 0.392 e. The van der Waals surface area contributed by atoms with Crippen LogP contribution in [-0.2, 0) is 6.42 Å². The molecule has 1 aliphatic rings. The number of aryl methyl sites for hydroxylation is 1. The van der Waals surface area contributed by atoms with E-state index >= 15 is 0 Å². The minimum Gasteiger partial charge on any atom is -0.456 e. The molecule has 0 saturated heterocycles. The van der Waals surface area contributed by atoms with Crippen LogP contribution in [-0.4, -0.2) is 6.18 Å². The Morgan fingerprint density at radius 2 is 1.59 bits per heavy atom. The third-order valence-corrected chi connectivity index (χ3v) is 5.22. The Bertz CT molecular complexity index is 1310. The summed E-state index contributed by atoms with van der Waals surface area (Å²) in [7, 11) is 0.